The first-order chi connectivity index (χ1) is 13.0. The Balaban J connectivity index is 0.00000392. The fourth-order valence-corrected chi connectivity index (χ4v) is 3.64. The third-order valence-corrected chi connectivity index (χ3v) is 5.96. The van der Waals surface area contributed by atoms with Crippen LogP contribution in [0.4, 0.5) is 0 Å². The van der Waals surface area contributed by atoms with E-state index < -0.39 is 10.0 Å². The number of sulfonamides is 1. The summed E-state index contributed by atoms with van der Waals surface area (Å²) in [6, 6.07) is 10.6. The molecule has 1 aliphatic rings. The van der Waals surface area contributed by atoms with E-state index in [0.717, 1.165) is 45.2 Å². The summed E-state index contributed by atoms with van der Waals surface area (Å²) in [6.45, 7) is 10.5. The largest absolute Gasteiger partial charge is 0.357 e. The van der Waals surface area contributed by atoms with E-state index in [1.54, 1.807) is 6.92 Å². The van der Waals surface area contributed by atoms with Crippen molar-refractivity contribution in [3.05, 3.63) is 35.9 Å². The second-order valence-corrected chi connectivity index (χ2v) is 8.73. The van der Waals surface area contributed by atoms with Gasteiger partial charge in [-0.15, -0.1) is 24.0 Å². The van der Waals surface area contributed by atoms with Gasteiger partial charge in [-0.2, -0.15) is 0 Å². The van der Waals surface area contributed by atoms with Crippen LogP contribution < -0.4 is 10.0 Å². The van der Waals surface area contributed by atoms with Crippen molar-refractivity contribution in [2.75, 3.05) is 51.6 Å². The lowest BCUT2D eigenvalue weighted by atomic mass is 10.2. The number of halogens is 1. The van der Waals surface area contributed by atoms with Crippen LogP contribution in [0.1, 0.15) is 25.8 Å². The Morgan fingerprint density at radius 1 is 1.11 bits per heavy atom. The van der Waals surface area contributed by atoms with E-state index in [4.69, 9.17) is 0 Å². The summed E-state index contributed by atoms with van der Waals surface area (Å²) in [5, 5.41) is 3.35. The van der Waals surface area contributed by atoms with E-state index in [1.807, 2.05) is 6.07 Å². The highest BCUT2D eigenvalue weighted by atomic mass is 127. The van der Waals surface area contributed by atoms with Gasteiger partial charge in [-0.05, 0) is 25.8 Å². The number of nitrogens with zero attached hydrogens (tertiary/aromatic N) is 3. The molecule has 2 rings (SSSR count). The Bertz CT molecular complexity index is 677. The SMILES string of the molecule is CCNC(=NCCCNS(=O)(=O)CC)N1CCN(Cc2ccccc2)CC1.I. The number of hydrogen-bond acceptors (Lipinski definition) is 4. The number of piperazine rings is 1. The van der Waals surface area contributed by atoms with Gasteiger partial charge < -0.3 is 10.2 Å². The highest BCUT2D eigenvalue weighted by Gasteiger charge is 2.19. The van der Waals surface area contributed by atoms with E-state index in [-0.39, 0.29) is 29.7 Å². The lowest BCUT2D eigenvalue weighted by molar-refractivity contribution is 0.172. The lowest BCUT2D eigenvalue weighted by Crippen LogP contribution is -2.52. The van der Waals surface area contributed by atoms with Crippen LogP contribution in [0.15, 0.2) is 35.3 Å². The van der Waals surface area contributed by atoms with Crippen LogP contribution >= 0.6 is 24.0 Å². The zero-order valence-electron chi connectivity index (χ0n) is 16.9. The van der Waals surface area contributed by atoms with Gasteiger partial charge in [0.1, 0.15) is 0 Å². The molecular formula is C19H34IN5O2S. The molecule has 0 amide bonds. The van der Waals surface area contributed by atoms with Crippen molar-refractivity contribution in [3.8, 4) is 0 Å². The Morgan fingerprint density at radius 3 is 2.39 bits per heavy atom. The number of aliphatic imine (C=N–C) groups is 1. The van der Waals surface area contributed by atoms with Crippen molar-refractivity contribution < 1.29 is 8.42 Å². The fourth-order valence-electron chi connectivity index (χ4n) is 2.98. The zero-order chi connectivity index (χ0) is 19.5. The maximum Gasteiger partial charge on any atom is 0.211 e. The topological polar surface area (TPSA) is 77.0 Å². The van der Waals surface area contributed by atoms with Crippen molar-refractivity contribution >= 4 is 40.0 Å². The van der Waals surface area contributed by atoms with Crippen molar-refractivity contribution in [2.24, 2.45) is 4.99 Å². The van der Waals surface area contributed by atoms with Gasteiger partial charge in [-0.25, -0.2) is 13.1 Å². The molecule has 0 saturated carbocycles. The number of guanidine groups is 1. The molecule has 160 valence electrons. The molecule has 0 aliphatic carbocycles. The van der Waals surface area contributed by atoms with E-state index in [2.05, 4.69) is 56.0 Å². The minimum absolute atomic E-state index is 0. The average Bonchev–Trinajstić information content (AvgIpc) is 2.68. The first-order valence-electron chi connectivity index (χ1n) is 9.81. The Labute approximate surface area is 187 Å². The van der Waals surface area contributed by atoms with E-state index in [9.17, 15) is 8.42 Å². The molecule has 1 aromatic carbocycles. The molecule has 28 heavy (non-hydrogen) atoms. The van der Waals surface area contributed by atoms with E-state index in [0.29, 0.717) is 19.5 Å². The number of benzene rings is 1. The molecule has 1 aromatic rings. The number of rotatable bonds is 9. The molecule has 0 aromatic heterocycles. The molecule has 0 spiro atoms. The Morgan fingerprint density at radius 2 is 1.79 bits per heavy atom. The maximum absolute atomic E-state index is 11.4. The number of hydrogen-bond donors (Lipinski definition) is 2. The summed E-state index contributed by atoms with van der Waals surface area (Å²) in [4.78, 5) is 9.43. The maximum atomic E-state index is 11.4. The van der Waals surface area contributed by atoms with Crippen LogP contribution in [0.25, 0.3) is 0 Å². The molecule has 0 atom stereocenters. The predicted molar refractivity (Wildman–Crippen MR) is 127 cm³/mol. The highest BCUT2D eigenvalue weighted by molar-refractivity contribution is 14.0. The van der Waals surface area contributed by atoms with Gasteiger partial charge in [-0.1, -0.05) is 30.3 Å². The Kier molecular flexibility index (Phi) is 12.0. The van der Waals surface area contributed by atoms with Gasteiger partial charge in [0.2, 0.25) is 10.0 Å². The van der Waals surface area contributed by atoms with Crippen LogP contribution in [-0.2, 0) is 16.6 Å². The average molecular weight is 523 g/mol. The molecule has 0 unspecified atom stereocenters. The second kappa shape index (κ2) is 13.3. The van der Waals surface area contributed by atoms with Crippen molar-refractivity contribution in [2.45, 2.75) is 26.8 Å². The number of nitrogens with one attached hydrogen (secondary N) is 2. The van der Waals surface area contributed by atoms with Crippen molar-refractivity contribution in [3.63, 3.8) is 0 Å². The van der Waals surface area contributed by atoms with Crippen molar-refractivity contribution in [1.82, 2.24) is 19.8 Å². The molecule has 1 aliphatic heterocycles. The summed E-state index contributed by atoms with van der Waals surface area (Å²) >= 11 is 0. The molecule has 0 radical (unpaired) electrons. The van der Waals surface area contributed by atoms with E-state index in [1.165, 1.54) is 5.56 Å². The second-order valence-electron chi connectivity index (χ2n) is 6.64. The summed E-state index contributed by atoms with van der Waals surface area (Å²) in [6.07, 6.45) is 0.697. The summed E-state index contributed by atoms with van der Waals surface area (Å²) in [5.74, 6) is 1.04. The highest BCUT2D eigenvalue weighted by Crippen LogP contribution is 2.08. The normalized spacial score (nSPS) is 15.9. The van der Waals surface area contributed by atoms with Gasteiger partial charge >= 0.3 is 0 Å². The molecule has 1 fully saturated rings. The smallest absolute Gasteiger partial charge is 0.211 e. The fraction of sp³-hybridized carbons (Fsp3) is 0.632. The van der Waals surface area contributed by atoms with Gasteiger partial charge in [-0.3, -0.25) is 9.89 Å². The third-order valence-electron chi connectivity index (χ3n) is 4.55. The minimum Gasteiger partial charge on any atom is -0.357 e. The van der Waals surface area contributed by atoms with Gasteiger partial charge in [0.05, 0.1) is 5.75 Å². The lowest BCUT2D eigenvalue weighted by Gasteiger charge is -2.36. The van der Waals surface area contributed by atoms with Crippen LogP contribution in [0.2, 0.25) is 0 Å². The van der Waals surface area contributed by atoms with Crippen molar-refractivity contribution in [1.29, 1.82) is 0 Å². The molecule has 9 heteroatoms. The zero-order valence-corrected chi connectivity index (χ0v) is 20.1. The molecule has 7 nitrogen and oxygen atoms in total. The van der Waals surface area contributed by atoms with E-state index >= 15 is 0 Å². The Hall–Kier alpha value is -0.910. The monoisotopic (exact) mass is 523 g/mol. The third kappa shape index (κ3) is 9.06. The van der Waals surface area contributed by atoms with Gasteiger partial charge in [0.25, 0.3) is 0 Å². The van der Waals surface area contributed by atoms with Crippen LogP contribution in [0, 0.1) is 0 Å². The first kappa shape index (κ1) is 25.1. The molecule has 1 heterocycles. The standard InChI is InChI=1S/C19H33N5O2S.HI/c1-3-20-19(21-11-8-12-22-27(25,26)4-2)24-15-13-23(14-16-24)17-18-9-6-5-7-10-18;/h5-7,9-10,22H,3-4,8,11-17H2,1-2H3,(H,20,21);1H. The summed E-state index contributed by atoms with van der Waals surface area (Å²) < 4.78 is 25.5. The molecule has 2 N–H and O–H groups in total. The molecule has 1 saturated heterocycles. The molecule has 0 bridgehead atoms. The van der Waals surface area contributed by atoms with Gasteiger partial charge in [0.15, 0.2) is 5.96 Å². The quantitative estimate of drug-likeness (QED) is 0.223. The molecular weight excluding hydrogens is 489 g/mol. The first-order valence-corrected chi connectivity index (χ1v) is 11.5. The summed E-state index contributed by atoms with van der Waals surface area (Å²) in [5.41, 5.74) is 1.35. The van der Waals surface area contributed by atoms with Gasteiger partial charge in [0, 0.05) is 52.4 Å². The van der Waals surface area contributed by atoms with Crippen LogP contribution in [0.5, 0.6) is 0 Å². The predicted octanol–water partition coefficient (Wildman–Crippen LogP) is 1.72. The minimum atomic E-state index is -3.11. The van der Waals surface area contributed by atoms with Crippen LogP contribution in [0.3, 0.4) is 0 Å². The van der Waals surface area contributed by atoms with Crippen LogP contribution in [-0.4, -0.2) is 75.7 Å². The summed E-state index contributed by atoms with van der Waals surface area (Å²) in [7, 11) is -3.11.